The van der Waals surface area contributed by atoms with Gasteiger partial charge >= 0.3 is 0 Å². The van der Waals surface area contributed by atoms with Crippen LogP contribution in [0, 0.1) is 19.7 Å². The predicted molar refractivity (Wildman–Crippen MR) is 145 cm³/mol. The number of nitrogens with zero attached hydrogens (tertiary/aromatic N) is 3. The molecule has 40 heavy (non-hydrogen) atoms. The van der Waals surface area contributed by atoms with Gasteiger partial charge in [-0.1, -0.05) is 12.1 Å². The van der Waals surface area contributed by atoms with Crippen LogP contribution in [0.1, 0.15) is 44.0 Å². The molecule has 9 nitrogen and oxygen atoms in total. The van der Waals surface area contributed by atoms with Crippen LogP contribution in [-0.2, 0) is 5.60 Å². The Balaban J connectivity index is 1.29. The summed E-state index contributed by atoms with van der Waals surface area (Å²) in [6.45, 7) is 4.02. The molecule has 3 aromatic heterocycles. The van der Waals surface area contributed by atoms with Gasteiger partial charge < -0.3 is 24.5 Å². The zero-order valence-electron chi connectivity index (χ0n) is 22.2. The lowest BCUT2D eigenvalue weighted by Gasteiger charge is -2.24. The molecule has 10 heteroatoms. The lowest BCUT2D eigenvalue weighted by Crippen LogP contribution is -2.34. The fourth-order valence-corrected chi connectivity index (χ4v) is 5.45. The van der Waals surface area contributed by atoms with Crippen molar-refractivity contribution in [3.05, 3.63) is 94.8 Å². The highest BCUT2D eigenvalue weighted by Gasteiger charge is 2.40. The second-order valence-corrected chi connectivity index (χ2v) is 10.0. The molecule has 204 valence electrons. The quantitative estimate of drug-likeness (QED) is 0.333. The molecule has 1 fully saturated rings. The topological polar surface area (TPSA) is 109 Å². The molecule has 5 aromatic rings. The number of ether oxygens (including phenoxy) is 1. The molecule has 0 aliphatic carbocycles. The van der Waals surface area contributed by atoms with Crippen LogP contribution in [0.25, 0.3) is 16.5 Å². The maximum atomic E-state index is 13.6. The molecule has 0 unspecified atom stereocenters. The molecule has 0 spiro atoms. The summed E-state index contributed by atoms with van der Waals surface area (Å²) in [5.74, 6) is 0.654. The van der Waals surface area contributed by atoms with E-state index in [1.165, 1.54) is 12.1 Å². The van der Waals surface area contributed by atoms with Gasteiger partial charge in [0.15, 0.2) is 5.75 Å². The molecule has 1 aliphatic heterocycles. The third-order valence-electron chi connectivity index (χ3n) is 7.56. The molecular weight excluding hydrogens is 515 g/mol. The van der Waals surface area contributed by atoms with Gasteiger partial charge in [-0.2, -0.15) is 5.10 Å². The molecule has 1 saturated heterocycles. The number of likely N-dealkylation sites (tertiary alicyclic amines) is 1. The highest BCUT2D eigenvalue weighted by Crippen LogP contribution is 2.36. The van der Waals surface area contributed by atoms with E-state index in [9.17, 15) is 19.1 Å². The van der Waals surface area contributed by atoms with Crippen LogP contribution in [0.4, 0.5) is 4.39 Å². The summed E-state index contributed by atoms with van der Waals surface area (Å²) in [5.41, 5.74) is 2.08. The second-order valence-electron chi connectivity index (χ2n) is 10.0. The summed E-state index contributed by atoms with van der Waals surface area (Å²) < 4.78 is 27.0. The Morgan fingerprint density at radius 2 is 1.93 bits per heavy atom. The fourth-order valence-electron chi connectivity index (χ4n) is 5.45. The van der Waals surface area contributed by atoms with E-state index in [4.69, 9.17) is 9.15 Å². The van der Waals surface area contributed by atoms with Gasteiger partial charge in [-0.05, 0) is 55.7 Å². The van der Waals surface area contributed by atoms with E-state index in [1.807, 2.05) is 6.92 Å². The number of aromatic nitrogens is 2. The van der Waals surface area contributed by atoms with Crippen LogP contribution < -0.4 is 10.1 Å². The molecule has 0 radical (unpaired) electrons. The summed E-state index contributed by atoms with van der Waals surface area (Å²) in [5, 5.41) is 18.9. The Hall–Kier alpha value is -4.70. The molecule has 2 N–H and O–H groups in total. The Labute approximate surface area is 228 Å². The average Bonchev–Trinajstić information content (AvgIpc) is 3.61. The second kappa shape index (κ2) is 9.49. The molecule has 4 heterocycles. The Morgan fingerprint density at radius 3 is 2.67 bits per heavy atom. The van der Waals surface area contributed by atoms with Crippen LogP contribution in [0.3, 0.4) is 0 Å². The molecule has 0 saturated carbocycles. The van der Waals surface area contributed by atoms with Crippen LogP contribution in [0.15, 0.2) is 65.3 Å². The highest BCUT2D eigenvalue weighted by molar-refractivity contribution is 6.07. The van der Waals surface area contributed by atoms with Gasteiger partial charge in [-0.15, -0.1) is 0 Å². The first kappa shape index (κ1) is 25.6. The Morgan fingerprint density at radius 1 is 1.15 bits per heavy atom. The number of amides is 2. The van der Waals surface area contributed by atoms with Gasteiger partial charge in [0.2, 0.25) is 0 Å². The van der Waals surface area contributed by atoms with E-state index in [0.717, 1.165) is 0 Å². The van der Waals surface area contributed by atoms with Crippen molar-refractivity contribution < 1.29 is 28.2 Å². The highest BCUT2D eigenvalue weighted by atomic mass is 19.1. The first-order valence-corrected chi connectivity index (χ1v) is 12.9. The van der Waals surface area contributed by atoms with E-state index in [2.05, 4.69) is 10.4 Å². The predicted octanol–water partition coefficient (Wildman–Crippen LogP) is 4.72. The average molecular weight is 543 g/mol. The van der Waals surface area contributed by atoms with Crippen molar-refractivity contribution in [2.45, 2.75) is 25.9 Å². The largest absolute Gasteiger partial charge is 0.460 e. The van der Waals surface area contributed by atoms with E-state index in [1.54, 1.807) is 72.2 Å². The number of halogens is 1. The van der Waals surface area contributed by atoms with Crippen molar-refractivity contribution in [3.8, 4) is 11.5 Å². The van der Waals surface area contributed by atoms with Gasteiger partial charge in [0.05, 0.1) is 23.9 Å². The molecular formula is C30H27FN4O5. The zero-order chi connectivity index (χ0) is 28.2. The number of benzene rings is 2. The number of aliphatic hydroxyl groups is 1. The van der Waals surface area contributed by atoms with Crippen LogP contribution in [0.5, 0.6) is 11.5 Å². The number of hydrogen-bond donors (Lipinski definition) is 2. The van der Waals surface area contributed by atoms with Gasteiger partial charge in [0, 0.05) is 37.3 Å². The molecule has 6 rings (SSSR count). The summed E-state index contributed by atoms with van der Waals surface area (Å²) in [7, 11) is 1.57. The van der Waals surface area contributed by atoms with Crippen molar-refractivity contribution in [1.82, 2.24) is 19.8 Å². The minimum atomic E-state index is -1.25. The third kappa shape index (κ3) is 4.17. The van der Waals surface area contributed by atoms with Crippen molar-refractivity contribution in [2.75, 3.05) is 20.1 Å². The molecule has 1 aliphatic rings. The normalized spacial score (nSPS) is 17.1. The smallest absolute Gasteiger partial charge is 0.255 e. The van der Waals surface area contributed by atoms with Crippen molar-refractivity contribution >= 4 is 28.3 Å². The van der Waals surface area contributed by atoms with Crippen LogP contribution in [-0.4, -0.2) is 51.6 Å². The van der Waals surface area contributed by atoms with E-state index < -0.39 is 5.60 Å². The van der Waals surface area contributed by atoms with Gasteiger partial charge in [0.1, 0.15) is 34.0 Å². The number of rotatable bonds is 5. The maximum Gasteiger partial charge on any atom is 0.255 e. The van der Waals surface area contributed by atoms with Crippen molar-refractivity contribution in [3.63, 3.8) is 0 Å². The van der Waals surface area contributed by atoms with Gasteiger partial charge in [0.25, 0.3) is 11.8 Å². The molecule has 2 amide bonds. The van der Waals surface area contributed by atoms with Crippen molar-refractivity contribution in [2.24, 2.45) is 0 Å². The minimum Gasteiger partial charge on any atom is -0.460 e. The summed E-state index contributed by atoms with van der Waals surface area (Å²) >= 11 is 0. The number of aryl methyl sites for hydroxylation is 2. The number of β-amino-alcohol motifs (C(OH)–C–C–N with tert-alkyl or cyclic N) is 1. The number of carbonyl (C=O) groups is 2. The van der Waals surface area contributed by atoms with E-state index in [-0.39, 0.29) is 24.2 Å². The first-order chi connectivity index (χ1) is 19.2. The number of nitrogens with one attached hydrogen (secondary N) is 1. The lowest BCUT2D eigenvalue weighted by atomic mass is 9.93. The lowest BCUT2D eigenvalue weighted by molar-refractivity contribution is 0.0416. The van der Waals surface area contributed by atoms with E-state index >= 15 is 0 Å². The zero-order valence-corrected chi connectivity index (χ0v) is 22.2. The molecule has 2 aromatic carbocycles. The molecule has 0 bridgehead atoms. The van der Waals surface area contributed by atoms with Gasteiger partial charge in [-0.25, -0.2) is 8.91 Å². The SMILES string of the molecule is CNC(=O)c1c(C)oc2cc(Oc3ccnn4cc(C(=O)N5CC[C@@](O)(c6ccc(F)cc6)C5)c(C)c34)ccc12. The summed E-state index contributed by atoms with van der Waals surface area (Å²) in [6, 6.07) is 12.7. The number of carbonyl (C=O) groups excluding carboxylic acids is 2. The first-order valence-electron chi connectivity index (χ1n) is 12.9. The maximum absolute atomic E-state index is 13.6. The summed E-state index contributed by atoms with van der Waals surface area (Å²) in [4.78, 5) is 27.4. The monoisotopic (exact) mass is 542 g/mol. The Kier molecular flexibility index (Phi) is 6.07. The van der Waals surface area contributed by atoms with Crippen molar-refractivity contribution in [1.29, 1.82) is 0 Å². The number of furan rings is 1. The third-order valence-corrected chi connectivity index (χ3v) is 7.56. The number of fused-ring (bicyclic) bond motifs is 2. The van der Waals surface area contributed by atoms with E-state index in [0.29, 0.717) is 69.0 Å². The van der Waals surface area contributed by atoms with Gasteiger partial charge in [-0.3, -0.25) is 9.59 Å². The summed E-state index contributed by atoms with van der Waals surface area (Å²) in [6.07, 6.45) is 3.59. The van der Waals surface area contributed by atoms with Crippen LogP contribution in [0.2, 0.25) is 0 Å². The standard InChI is InChI=1S/C30H27FN4O5/c1-17-23(29(37)34-13-11-30(38,16-34)19-4-6-20(31)7-5-19)15-35-27(17)24(10-12-33-35)40-21-8-9-22-25(14-21)39-18(2)26(22)28(36)32-3/h4-10,12,14-15,38H,11,13,16H2,1-3H3,(H,32,36)/t30-/m0/s1. The fraction of sp³-hybridized carbons (Fsp3) is 0.233. The minimum absolute atomic E-state index is 0.0977. The Bertz CT molecular complexity index is 1790. The molecule has 1 atom stereocenters. The number of hydrogen-bond acceptors (Lipinski definition) is 6. The van der Waals surface area contributed by atoms with Crippen LogP contribution >= 0.6 is 0 Å².